The number of ketones is 1. The molecule has 0 aromatic heterocycles. The lowest BCUT2D eigenvalue weighted by Gasteiger charge is -2.20. The summed E-state index contributed by atoms with van der Waals surface area (Å²) in [6.07, 6.45) is 0.0807. The van der Waals surface area contributed by atoms with E-state index in [0.29, 0.717) is 31.9 Å². The minimum absolute atomic E-state index is 0.117. The fraction of sp³-hybridized carbons (Fsp3) is 0.571. The summed E-state index contributed by atoms with van der Waals surface area (Å²) in [4.78, 5) is 33.7. The van der Waals surface area contributed by atoms with Gasteiger partial charge in [0.15, 0.2) is 23.2 Å². The molecule has 1 fully saturated rings. The topological polar surface area (TPSA) is 119 Å². The first-order valence-corrected chi connectivity index (χ1v) is 10.5. The number of alkyl halides is 3. The van der Waals surface area contributed by atoms with Gasteiger partial charge >= 0.3 is 12.1 Å². The first-order chi connectivity index (χ1) is 15.9. The van der Waals surface area contributed by atoms with Crippen LogP contribution in [0.4, 0.5) is 26.3 Å². The van der Waals surface area contributed by atoms with Crippen LogP contribution in [0.1, 0.15) is 44.9 Å². The molecule has 1 aliphatic rings. The van der Waals surface area contributed by atoms with Crippen molar-refractivity contribution in [2.24, 2.45) is 11.7 Å². The molecule has 0 radical (unpaired) electrons. The second kappa shape index (κ2) is 13.8. The maximum atomic E-state index is 13.6. The maximum absolute atomic E-state index is 13.6. The van der Waals surface area contributed by atoms with Gasteiger partial charge in [-0.2, -0.15) is 17.6 Å². The Bertz CT molecular complexity index is 844. The smallest absolute Gasteiger partial charge is 0.480 e. The number of hydrogen-bond donors (Lipinski definition) is 3. The van der Waals surface area contributed by atoms with Gasteiger partial charge in [0.1, 0.15) is 6.61 Å². The number of benzene rings is 1. The van der Waals surface area contributed by atoms with Gasteiger partial charge in [-0.25, -0.2) is 13.6 Å². The molecule has 34 heavy (non-hydrogen) atoms. The van der Waals surface area contributed by atoms with Crippen LogP contribution < -0.4 is 15.8 Å². The maximum Gasteiger partial charge on any atom is 0.490 e. The van der Waals surface area contributed by atoms with Crippen LogP contribution in [0, 0.1) is 23.4 Å². The third-order valence-corrected chi connectivity index (χ3v) is 4.98. The van der Waals surface area contributed by atoms with E-state index in [-0.39, 0.29) is 11.8 Å². The Morgan fingerprint density at radius 2 is 1.65 bits per heavy atom. The molecule has 4 N–H and O–H groups in total. The number of hydrogen-bond acceptors (Lipinski definition) is 5. The number of carboxylic acid groups (broad SMARTS) is 1. The molecule has 2 rings (SSSR count). The van der Waals surface area contributed by atoms with Crippen LogP contribution in [-0.2, 0) is 14.4 Å². The van der Waals surface area contributed by atoms with Crippen molar-refractivity contribution in [3.05, 3.63) is 29.6 Å². The van der Waals surface area contributed by atoms with Crippen LogP contribution in [0.3, 0.4) is 0 Å². The molecule has 13 heteroatoms. The zero-order chi connectivity index (χ0) is 25.9. The van der Waals surface area contributed by atoms with Crippen LogP contribution in [0.15, 0.2) is 12.1 Å². The number of carbonyl (C=O) groups is 3. The largest absolute Gasteiger partial charge is 0.490 e. The monoisotopic (exact) mass is 500 g/mol. The van der Waals surface area contributed by atoms with E-state index >= 15 is 0 Å². The molecule has 0 heterocycles. The van der Waals surface area contributed by atoms with Crippen molar-refractivity contribution in [1.82, 2.24) is 5.32 Å². The third-order valence-electron chi connectivity index (χ3n) is 4.98. The summed E-state index contributed by atoms with van der Waals surface area (Å²) >= 11 is 0. The minimum Gasteiger partial charge on any atom is -0.480 e. The number of carboxylic acids is 1. The second-order valence-electron chi connectivity index (χ2n) is 7.56. The zero-order valence-corrected chi connectivity index (χ0v) is 18.1. The predicted molar refractivity (Wildman–Crippen MR) is 107 cm³/mol. The van der Waals surface area contributed by atoms with Gasteiger partial charge < -0.3 is 20.9 Å². The van der Waals surface area contributed by atoms with Crippen molar-refractivity contribution in [1.29, 1.82) is 0 Å². The van der Waals surface area contributed by atoms with Crippen molar-refractivity contribution < 1.29 is 50.6 Å². The lowest BCUT2D eigenvalue weighted by Crippen LogP contribution is -2.45. The normalized spacial score (nSPS) is 14.7. The number of rotatable bonds is 10. The summed E-state index contributed by atoms with van der Waals surface area (Å²) in [5, 5.41) is 9.85. The van der Waals surface area contributed by atoms with E-state index in [2.05, 4.69) is 5.32 Å². The number of unbranched alkanes of at least 4 members (excludes halogenated alkanes) is 1. The summed E-state index contributed by atoms with van der Waals surface area (Å²) in [6.45, 7) is -0.219. The van der Waals surface area contributed by atoms with Crippen molar-refractivity contribution in [3.8, 4) is 5.75 Å². The third kappa shape index (κ3) is 9.57. The number of amides is 1. The van der Waals surface area contributed by atoms with Gasteiger partial charge in [-0.05, 0) is 50.8 Å². The summed E-state index contributed by atoms with van der Waals surface area (Å²) in [5.41, 5.74) is 5.46. The van der Waals surface area contributed by atoms with E-state index < -0.39 is 53.8 Å². The number of aliphatic carboxylic acids is 1. The first kappa shape index (κ1) is 29.2. The lowest BCUT2D eigenvalue weighted by molar-refractivity contribution is -0.192. The molecule has 1 atom stereocenters. The molecular weight excluding hydrogens is 474 g/mol. The fourth-order valence-corrected chi connectivity index (χ4v) is 3.17. The summed E-state index contributed by atoms with van der Waals surface area (Å²) in [5.74, 6) is -8.39. The van der Waals surface area contributed by atoms with Gasteiger partial charge in [-0.1, -0.05) is 12.8 Å². The average Bonchev–Trinajstić information content (AvgIpc) is 3.30. The molecule has 0 unspecified atom stereocenters. The average molecular weight is 500 g/mol. The summed E-state index contributed by atoms with van der Waals surface area (Å²) in [6, 6.07) is 0.527. The van der Waals surface area contributed by atoms with Crippen LogP contribution in [0.25, 0.3) is 0 Å². The van der Waals surface area contributed by atoms with Crippen molar-refractivity contribution in [2.75, 3.05) is 13.2 Å². The number of nitrogens with one attached hydrogen (secondary N) is 1. The van der Waals surface area contributed by atoms with E-state index in [4.69, 9.17) is 20.4 Å². The van der Waals surface area contributed by atoms with Gasteiger partial charge in [0, 0.05) is 5.92 Å². The molecule has 0 spiro atoms. The fourth-order valence-electron chi connectivity index (χ4n) is 3.17. The number of carbonyl (C=O) groups excluding carboxylic acids is 2. The molecule has 0 aliphatic heterocycles. The highest BCUT2D eigenvalue weighted by Crippen LogP contribution is 2.26. The molecule has 192 valence electrons. The van der Waals surface area contributed by atoms with Crippen molar-refractivity contribution in [2.45, 2.75) is 57.2 Å². The molecule has 7 nitrogen and oxygen atoms in total. The van der Waals surface area contributed by atoms with Gasteiger partial charge in [-0.3, -0.25) is 9.59 Å². The van der Waals surface area contributed by atoms with Gasteiger partial charge in [0.05, 0.1) is 6.04 Å². The highest BCUT2D eigenvalue weighted by molar-refractivity contribution is 5.90. The van der Waals surface area contributed by atoms with Crippen LogP contribution in [-0.4, -0.2) is 48.1 Å². The number of Topliss-reactive ketones (excluding diaryl/α,β-unsaturated/α-hetero) is 1. The van der Waals surface area contributed by atoms with E-state index in [9.17, 15) is 35.9 Å². The molecule has 1 saturated carbocycles. The van der Waals surface area contributed by atoms with Gasteiger partial charge in [0.2, 0.25) is 11.7 Å². The lowest BCUT2D eigenvalue weighted by atomic mass is 10.0. The highest BCUT2D eigenvalue weighted by atomic mass is 19.4. The van der Waals surface area contributed by atoms with Crippen molar-refractivity contribution in [3.63, 3.8) is 0 Å². The van der Waals surface area contributed by atoms with Gasteiger partial charge in [-0.15, -0.1) is 0 Å². The van der Waals surface area contributed by atoms with Crippen LogP contribution >= 0.6 is 0 Å². The van der Waals surface area contributed by atoms with Crippen LogP contribution in [0.2, 0.25) is 0 Å². The molecule has 1 aromatic rings. The SMILES string of the molecule is NCCCC[C@@H](NC(=O)C1CCCC1)C(=O)COc1c(F)ccc(F)c1F.O=C(O)C(F)(F)F. The predicted octanol–water partition coefficient (Wildman–Crippen LogP) is 3.49. The molecule has 1 amide bonds. The molecule has 1 aliphatic carbocycles. The Morgan fingerprint density at radius 1 is 1.09 bits per heavy atom. The Labute approximate surface area is 191 Å². The Hall–Kier alpha value is -2.83. The Balaban J connectivity index is 0.000000718. The van der Waals surface area contributed by atoms with Crippen molar-refractivity contribution >= 4 is 17.7 Å². The molecule has 1 aromatic carbocycles. The Morgan fingerprint density at radius 3 is 2.18 bits per heavy atom. The van der Waals surface area contributed by atoms with E-state index in [1.54, 1.807) is 0 Å². The zero-order valence-electron chi connectivity index (χ0n) is 18.1. The standard InChI is InChI=1S/C19H25F3N2O3.C2HF3O2/c20-13-8-9-14(21)18(17(13)22)27-11-16(25)15(7-3-4-10-23)24-19(26)12-5-1-2-6-12;3-2(4,5)1(6)7/h8-9,12,15H,1-7,10-11,23H2,(H,24,26);(H,6,7)/t15-;/m1./s1. The number of ether oxygens (including phenoxy) is 1. The number of nitrogens with two attached hydrogens (primary N) is 1. The quantitative estimate of drug-likeness (QED) is 0.257. The molecular formula is C21H26F6N2O5. The second-order valence-corrected chi connectivity index (χ2v) is 7.56. The summed E-state index contributed by atoms with van der Waals surface area (Å²) in [7, 11) is 0. The molecule has 0 saturated heterocycles. The van der Waals surface area contributed by atoms with Gasteiger partial charge in [0.25, 0.3) is 0 Å². The number of halogens is 6. The first-order valence-electron chi connectivity index (χ1n) is 10.5. The highest BCUT2D eigenvalue weighted by Gasteiger charge is 2.38. The van der Waals surface area contributed by atoms with E-state index in [0.717, 1.165) is 31.7 Å². The minimum atomic E-state index is -5.08. The van der Waals surface area contributed by atoms with E-state index in [1.807, 2.05) is 0 Å². The van der Waals surface area contributed by atoms with E-state index in [1.165, 1.54) is 0 Å². The Kier molecular flexibility index (Phi) is 11.8. The van der Waals surface area contributed by atoms with Crippen LogP contribution in [0.5, 0.6) is 5.75 Å². The summed E-state index contributed by atoms with van der Waals surface area (Å²) < 4.78 is 77.1. The molecule has 0 bridgehead atoms.